The summed E-state index contributed by atoms with van der Waals surface area (Å²) in [4.78, 5) is 22.2. The van der Waals surface area contributed by atoms with Crippen LogP contribution in [-0.2, 0) is 0 Å². The second kappa shape index (κ2) is 6.31. The fourth-order valence-corrected chi connectivity index (χ4v) is 2.30. The Balaban J connectivity index is 2.33. The van der Waals surface area contributed by atoms with Crippen molar-refractivity contribution in [3.63, 3.8) is 0 Å². The van der Waals surface area contributed by atoms with Gasteiger partial charge in [0.25, 0.3) is 11.6 Å². The highest BCUT2D eigenvalue weighted by atomic mass is 79.9. The van der Waals surface area contributed by atoms with E-state index >= 15 is 0 Å². The van der Waals surface area contributed by atoms with E-state index in [0.29, 0.717) is 4.47 Å². The van der Waals surface area contributed by atoms with Crippen LogP contribution in [0.15, 0.2) is 45.3 Å². The molecule has 0 aliphatic heterocycles. The molecule has 0 saturated heterocycles. The quantitative estimate of drug-likeness (QED) is 0.589. The maximum Gasteiger partial charge on any atom is 0.271 e. The maximum absolute atomic E-state index is 13.8. The van der Waals surface area contributed by atoms with E-state index in [-0.39, 0.29) is 21.4 Å². The lowest BCUT2D eigenvalue weighted by Crippen LogP contribution is -2.14. The first-order valence-corrected chi connectivity index (χ1v) is 7.18. The number of hydrogen-bond donors (Lipinski definition) is 1. The van der Waals surface area contributed by atoms with Crippen LogP contribution < -0.4 is 5.32 Å². The maximum atomic E-state index is 13.8. The lowest BCUT2D eigenvalue weighted by Gasteiger charge is -2.08. The lowest BCUT2D eigenvalue weighted by molar-refractivity contribution is -0.384. The Morgan fingerprint density at radius 3 is 2.57 bits per heavy atom. The van der Waals surface area contributed by atoms with Crippen molar-refractivity contribution >= 4 is 49.1 Å². The van der Waals surface area contributed by atoms with Crippen LogP contribution in [0, 0.1) is 15.9 Å². The first-order valence-electron chi connectivity index (χ1n) is 5.59. The number of non-ortho nitro benzene ring substituents is 1. The van der Waals surface area contributed by atoms with Crippen molar-refractivity contribution < 1.29 is 14.1 Å². The van der Waals surface area contributed by atoms with Crippen molar-refractivity contribution in [2.75, 3.05) is 5.32 Å². The zero-order chi connectivity index (χ0) is 15.6. The topological polar surface area (TPSA) is 72.2 Å². The molecule has 2 rings (SSSR count). The number of rotatable bonds is 3. The van der Waals surface area contributed by atoms with Crippen LogP contribution in [0.25, 0.3) is 0 Å². The second-order valence-corrected chi connectivity index (χ2v) is 5.69. The van der Waals surface area contributed by atoms with Gasteiger partial charge in [0.2, 0.25) is 0 Å². The van der Waals surface area contributed by atoms with Crippen molar-refractivity contribution in [2.24, 2.45) is 0 Å². The minimum Gasteiger partial charge on any atom is -0.321 e. The normalized spacial score (nSPS) is 10.2. The van der Waals surface area contributed by atoms with E-state index < -0.39 is 16.6 Å². The van der Waals surface area contributed by atoms with Crippen LogP contribution in [0.2, 0.25) is 0 Å². The number of nitro benzene ring substituents is 1. The van der Waals surface area contributed by atoms with E-state index in [1.807, 2.05) is 0 Å². The summed E-state index contributed by atoms with van der Waals surface area (Å²) in [6.07, 6.45) is 0. The molecule has 5 nitrogen and oxygen atoms in total. The molecule has 0 spiro atoms. The smallest absolute Gasteiger partial charge is 0.271 e. The van der Waals surface area contributed by atoms with Gasteiger partial charge in [-0.15, -0.1) is 0 Å². The van der Waals surface area contributed by atoms with Crippen molar-refractivity contribution in [2.45, 2.75) is 0 Å². The number of carbonyl (C=O) groups excluding carboxylic acids is 1. The number of benzene rings is 2. The minimum absolute atomic E-state index is 0.160. The van der Waals surface area contributed by atoms with Crippen molar-refractivity contribution in [1.82, 2.24) is 0 Å². The number of hydrogen-bond acceptors (Lipinski definition) is 3. The Morgan fingerprint density at radius 1 is 1.19 bits per heavy atom. The standard InChI is InChI=1S/C13H7Br2FN2O3/c14-9-5-4-7(18(20)21)6-11(9)17-13(19)8-2-1-3-10(15)12(8)16/h1-6H,(H,17,19). The van der Waals surface area contributed by atoms with Crippen molar-refractivity contribution in [3.05, 3.63) is 66.8 Å². The van der Waals surface area contributed by atoms with E-state index in [2.05, 4.69) is 37.2 Å². The van der Waals surface area contributed by atoms with Gasteiger partial charge in [0, 0.05) is 16.6 Å². The zero-order valence-electron chi connectivity index (χ0n) is 10.3. The highest BCUT2D eigenvalue weighted by Crippen LogP contribution is 2.28. The molecule has 2 aromatic rings. The van der Waals surface area contributed by atoms with E-state index in [9.17, 15) is 19.3 Å². The predicted octanol–water partition coefficient (Wildman–Crippen LogP) is 4.51. The van der Waals surface area contributed by atoms with Gasteiger partial charge in [0.15, 0.2) is 0 Å². The number of nitrogens with one attached hydrogen (secondary N) is 1. The Kier molecular flexibility index (Phi) is 4.69. The third-order valence-corrected chi connectivity index (χ3v) is 3.91. The van der Waals surface area contributed by atoms with Gasteiger partial charge in [-0.1, -0.05) is 6.07 Å². The summed E-state index contributed by atoms with van der Waals surface area (Å²) in [6, 6.07) is 8.23. The molecule has 0 fully saturated rings. The summed E-state index contributed by atoms with van der Waals surface area (Å²) in [5, 5.41) is 13.2. The van der Waals surface area contributed by atoms with Gasteiger partial charge in [-0.3, -0.25) is 14.9 Å². The summed E-state index contributed by atoms with van der Waals surface area (Å²) < 4.78 is 14.5. The first-order chi connectivity index (χ1) is 9.90. The van der Waals surface area contributed by atoms with Gasteiger partial charge in [-0.25, -0.2) is 4.39 Å². The fourth-order valence-electron chi connectivity index (χ4n) is 1.59. The molecular weight excluding hydrogens is 411 g/mol. The molecule has 0 aliphatic carbocycles. The zero-order valence-corrected chi connectivity index (χ0v) is 13.4. The van der Waals surface area contributed by atoms with Crippen molar-refractivity contribution in [3.8, 4) is 0 Å². The third-order valence-electron chi connectivity index (χ3n) is 2.61. The van der Waals surface area contributed by atoms with Gasteiger partial charge < -0.3 is 5.32 Å². The molecule has 8 heteroatoms. The Bertz CT molecular complexity index is 737. The molecule has 2 aromatic carbocycles. The summed E-state index contributed by atoms with van der Waals surface area (Å²) >= 11 is 6.16. The summed E-state index contributed by atoms with van der Waals surface area (Å²) in [7, 11) is 0. The van der Waals surface area contributed by atoms with Crippen LogP contribution in [0.3, 0.4) is 0 Å². The SMILES string of the molecule is O=C(Nc1cc([N+](=O)[O-])ccc1Br)c1cccc(Br)c1F. The average Bonchev–Trinajstić information content (AvgIpc) is 2.43. The summed E-state index contributed by atoms with van der Waals surface area (Å²) in [5.41, 5.74) is -0.153. The monoisotopic (exact) mass is 416 g/mol. The summed E-state index contributed by atoms with van der Waals surface area (Å²) in [5.74, 6) is -1.40. The van der Waals surface area contributed by atoms with Crippen LogP contribution in [0.5, 0.6) is 0 Å². The molecular formula is C13H7Br2FN2O3. The van der Waals surface area contributed by atoms with E-state index in [4.69, 9.17) is 0 Å². The van der Waals surface area contributed by atoms with E-state index in [0.717, 1.165) is 0 Å². The molecule has 1 amide bonds. The number of carbonyl (C=O) groups is 1. The molecule has 1 N–H and O–H groups in total. The molecule has 0 radical (unpaired) electrons. The highest BCUT2D eigenvalue weighted by Gasteiger charge is 2.16. The molecule has 0 heterocycles. The number of nitro groups is 1. The van der Waals surface area contributed by atoms with Crippen molar-refractivity contribution in [1.29, 1.82) is 0 Å². The fraction of sp³-hybridized carbons (Fsp3) is 0. The van der Waals surface area contributed by atoms with Crippen LogP contribution in [-0.4, -0.2) is 10.8 Å². The van der Waals surface area contributed by atoms with Gasteiger partial charge in [0.1, 0.15) is 5.82 Å². The predicted molar refractivity (Wildman–Crippen MR) is 82.8 cm³/mol. The number of amides is 1. The Morgan fingerprint density at radius 2 is 1.90 bits per heavy atom. The molecule has 0 saturated carbocycles. The minimum atomic E-state index is -0.699. The van der Waals surface area contributed by atoms with Crippen LogP contribution in [0.1, 0.15) is 10.4 Å². The van der Waals surface area contributed by atoms with Gasteiger partial charge in [-0.2, -0.15) is 0 Å². The van der Waals surface area contributed by atoms with E-state index in [1.165, 1.54) is 36.4 Å². The van der Waals surface area contributed by atoms with Crippen LogP contribution >= 0.6 is 31.9 Å². The first kappa shape index (κ1) is 15.6. The van der Waals surface area contributed by atoms with Gasteiger partial charge in [-0.05, 0) is 50.1 Å². The molecule has 0 aromatic heterocycles. The van der Waals surface area contributed by atoms with Crippen LogP contribution in [0.4, 0.5) is 15.8 Å². The average molecular weight is 418 g/mol. The Hall–Kier alpha value is -1.80. The molecule has 21 heavy (non-hydrogen) atoms. The second-order valence-electron chi connectivity index (χ2n) is 3.98. The third kappa shape index (κ3) is 3.45. The summed E-state index contributed by atoms with van der Waals surface area (Å²) in [6.45, 7) is 0. The van der Waals surface area contributed by atoms with Gasteiger partial charge in [0.05, 0.1) is 20.6 Å². The number of anilines is 1. The molecule has 0 atom stereocenters. The molecule has 0 aliphatic rings. The molecule has 0 unspecified atom stereocenters. The number of nitrogens with zero attached hydrogens (tertiary/aromatic N) is 1. The van der Waals surface area contributed by atoms with E-state index in [1.54, 1.807) is 0 Å². The van der Waals surface area contributed by atoms with Gasteiger partial charge >= 0.3 is 0 Å². The Labute approximate surface area is 135 Å². The molecule has 108 valence electrons. The number of halogens is 3. The lowest BCUT2D eigenvalue weighted by atomic mass is 10.2. The molecule has 0 bridgehead atoms. The largest absolute Gasteiger partial charge is 0.321 e. The highest BCUT2D eigenvalue weighted by molar-refractivity contribution is 9.10.